The molecule has 1 heterocycles. The standard InChI is InChI=1S/C20H31N3O.ClH/c1-17-7-3-4-8-18(17)20(9-5-2-6-10-20)19(24)22-13-16-23-14-11-21-12-15-23;/h3-4,7-8,21H,2,5-6,9-16H2,1H3,(H,22,24);1H. The average Bonchev–Trinajstić information content (AvgIpc) is 2.63. The van der Waals surface area contributed by atoms with E-state index < -0.39 is 0 Å². The van der Waals surface area contributed by atoms with Crippen molar-refractivity contribution in [2.24, 2.45) is 0 Å². The Labute approximate surface area is 158 Å². The molecule has 2 aliphatic rings. The summed E-state index contributed by atoms with van der Waals surface area (Å²) in [6, 6.07) is 8.45. The van der Waals surface area contributed by atoms with Crippen LogP contribution >= 0.6 is 12.4 Å². The zero-order valence-electron chi connectivity index (χ0n) is 15.4. The van der Waals surface area contributed by atoms with Gasteiger partial charge in [-0.05, 0) is 30.9 Å². The number of amides is 1. The lowest BCUT2D eigenvalue weighted by Crippen LogP contribution is -2.50. The number of nitrogens with zero attached hydrogens (tertiary/aromatic N) is 1. The molecule has 0 spiro atoms. The molecule has 1 aromatic carbocycles. The molecule has 4 nitrogen and oxygen atoms in total. The third-order valence-electron chi connectivity index (χ3n) is 5.73. The molecule has 0 unspecified atom stereocenters. The number of halogens is 1. The number of benzene rings is 1. The van der Waals surface area contributed by atoms with Crippen molar-refractivity contribution in [1.82, 2.24) is 15.5 Å². The molecule has 1 aliphatic carbocycles. The summed E-state index contributed by atoms with van der Waals surface area (Å²) in [7, 11) is 0. The molecule has 0 radical (unpaired) electrons. The van der Waals surface area contributed by atoms with Gasteiger partial charge < -0.3 is 10.6 Å². The lowest BCUT2D eigenvalue weighted by atomic mass is 9.67. The summed E-state index contributed by atoms with van der Waals surface area (Å²) < 4.78 is 0. The number of nitrogens with one attached hydrogen (secondary N) is 2. The van der Waals surface area contributed by atoms with E-state index in [4.69, 9.17) is 0 Å². The summed E-state index contributed by atoms with van der Waals surface area (Å²) in [4.78, 5) is 15.6. The summed E-state index contributed by atoms with van der Waals surface area (Å²) in [5.41, 5.74) is 2.17. The van der Waals surface area contributed by atoms with E-state index in [9.17, 15) is 4.79 Å². The highest BCUT2D eigenvalue weighted by Crippen LogP contribution is 2.41. The zero-order chi connectivity index (χ0) is 16.8. The van der Waals surface area contributed by atoms with Crippen molar-refractivity contribution in [1.29, 1.82) is 0 Å². The average molecular weight is 366 g/mol. The summed E-state index contributed by atoms with van der Waals surface area (Å²) >= 11 is 0. The predicted molar refractivity (Wildman–Crippen MR) is 106 cm³/mol. The molecule has 3 rings (SSSR count). The lowest BCUT2D eigenvalue weighted by molar-refractivity contribution is -0.128. The van der Waals surface area contributed by atoms with Gasteiger partial charge in [-0.2, -0.15) is 0 Å². The Balaban J connectivity index is 0.00000225. The maximum absolute atomic E-state index is 13.2. The molecule has 25 heavy (non-hydrogen) atoms. The second-order valence-corrected chi connectivity index (χ2v) is 7.31. The quantitative estimate of drug-likeness (QED) is 0.843. The van der Waals surface area contributed by atoms with Gasteiger partial charge in [-0.1, -0.05) is 43.5 Å². The fraction of sp³-hybridized carbons (Fsp3) is 0.650. The van der Waals surface area contributed by atoms with Crippen molar-refractivity contribution in [2.45, 2.75) is 44.4 Å². The SMILES string of the molecule is Cc1ccccc1C1(C(=O)NCCN2CCNCC2)CCCCC1.Cl. The summed E-state index contributed by atoms with van der Waals surface area (Å²) in [5.74, 6) is 0.242. The molecule has 140 valence electrons. The van der Waals surface area contributed by atoms with Gasteiger partial charge in [0.25, 0.3) is 0 Å². The van der Waals surface area contributed by atoms with Gasteiger partial charge in [0.2, 0.25) is 5.91 Å². The molecule has 0 aromatic heterocycles. The monoisotopic (exact) mass is 365 g/mol. The summed E-state index contributed by atoms with van der Waals surface area (Å²) in [6.45, 7) is 8.13. The van der Waals surface area contributed by atoms with Crippen LogP contribution in [0.5, 0.6) is 0 Å². The fourth-order valence-electron chi connectivity index (χ4n) is 4.32. The van der Waals surface area contributed by atoms with Crippen LogP contribution in [0.2, 0.25) is 0 Å². The number of carbonyl (C=O) groups excluding carboxylic acids is 1. The Morgan fingerprint density at radius 1 is 1.16 bits per heavy atom. The van der Waals surface area contributed by atoms with Crippen molar-refractivity contribution in [3.8, 4) is 0 Å². The normalized spacial score (nSPS) is 20.5. The largest absolute Gasteiger partial charge is 0.354 e. The molecule has 1 saturated heterocycles. The van der Waals surface area contributed by atoms with Gasteiger partial charge >= 0.3 is 0 Å². The third kappa shape index (κ3) is 4.75. The van der Waals surface area contributed by atoms with Crippen LogP contribution in [0.15, 0.2) is 24.3 Å². The van der Waals surface area contributed by atoms with E-state index in [0.717, 1.165) is 65.0 Å². The zero-order valence-corrected chi connectivity index (χ0v) is 16.2. The van der Waals surface area contributed by atoms with Crippen molar-refractivity contribution in [2.75, 3.05) is 39.3 Å². The van der Waals surface area contributed by atoms with E-state index in [2.05, 4.69) is 46.7 Å². The van der Waals surface area contributed by atoms with E-state index in [-0.39, 0.29) is 23.7 Å². The first-order valence-corrected chi connectivity index (χ1v) is 9.50. The van der Waals surface area contributed by atoms with Crippen molar-refractivity contribution >= 4 is 18.3 Å². The number of rotatable bonds is 5. The van der Waals surface area contributed by atoms with E-state index in [0.29, 0.717) is 0 Å². The molecular formula is C20H32ClN3O. The number of piperazine rings is 1. The van der Waals surface area contributed by atoms with Crippen molar-refractivity contribution in [3.63, 3.8) is 0 Å². The van der Waals surface area contributed by atoms with Crippen LogP contribution in [0.1, 0.15) is 43.2 Å². The smallest absolute Gasteiger partial charge is 0.230 e. The van der Waals surface area contributed by atoms with Crippen LogP contribution in [-0.4, -0.2) is 50.1 Å². The van der Waals surface area contributed by atoms with Crippen molar-refractivity contribution in [3.05, 3.63) is 35.4 Å². The van der Waals surface area contributed by atoms with Crippen LogP contribution in [0.3, 0.4) is 0 Å². The number of aryl methyl sites for hydroxylation is 1. The Morgan fingerprint density at radius 2 is 1.84 bits per heavy atom. The minimum Gasteiger partial charge on any atom is -0.354 e. The van der Waals surface area contributed by atoms with E-state index in [1.165, 1.54) is 17.5 Å². The van der Waals surface area contributed by atoms with E-state index >= 15 is 0 Å². The second kappa shape index (κ2) is 9.56. The summed E-state index contributed by atoms with van der Waals surface area (Å²) in [5, 5.41) is 6.64. The summed E-state index contributed by atoms with van der Waals surface area (Å²) in [6.07, 6.45) is 5.52. The first kappa shape index (κ1) is 20.2. The highest BCUT2D eigenvalue weighted by Gasteiger charge is 2.41. The van der Waals surface area contributed by atoms with E-state index in [1.54, 1.807) is 0 Å². The minimum atomic E-state index is -0.312. The highest BCUT2D eigenvalue weighted by molar-refractivity contribution is 5.88. The van der Waals surface area contributed by atoms with Gasteiger partial charge in [0.1, 0.15) is 0 Å². The lowest BCUT2D eigenvalue weighted by Gasteiger charge is -2.37. The van der Waals surface area contributed by atoms with Gasteiger partial charge in [0.05, 0.1) is 5.41 Å². The van der Waals surface area contributed by atoms with E-state index in [1.807, 2.05) is 0 Å². The molecule has 2 N–H and O–H groups in total. The van der Waals surface area contributed by atoms with Crippen LogP contribution in [0.4, 0.5) is 0 Å². The van der Waals surface area contributed by atoms with Gasteiger partial charge in [-0.25, -0.2) is 0 Å². The molecule has 0 bridgehead atoms. The predicted octanol–water partition coefficient (Wildman–Crippen LogP) is 2.64. The maximum atomic E-state index is 13.2. The molecule has 1 amide bonds. The maximum Gasteiger partial charge on any atom is 0.230 e. The molecule has 1 aromatic rings. The first-order valence-electron chi connectivity index (χ1n) is 9.50. The number of carbonyl (C=O) groups is 1. The van der Waals surface area contributed by atoms with Gasteiger partial charge in [0.15, 0.2) is 0 Å². The van der Waals surface area contributed by atoms with Gasteiger partial charge in [0, 0.05) is 39.3 Å². The minimum absolute atomic E-state index is 0. The van der Waals surface area contributed by atoms with Gasteiger partial charge in [-0.15, -0.1) is 12.4 Å². The third-order valence-corrected chi connectivity index (χ3v) is 5.73. The molecular weight excluding hydrogens is 334 g/mol. The molecule has 2 fully saturated rings. The first-order chi connectivity index (χ1) is 11.7. The number of hydrogen-bond donors (Lipinski definition) is 2. The van der Waals surface area contributed by atoms with Crippen LogP contribution in [0, 0.1) is 6.92 Å². The Bertz CT molecular complexity index is 552. The second-order valence-electron chi connectivity index (χ2n) is 7.31. The van der Waals surface area contributed by atoms with Crippen LogP contribution < -0.4 is 10.6 Å². The van der Waals surface area contributed by atoms with Crippen LogP contribution in [0.25, 0.3) is 0 Å². The topological polar surface area (TPSA) is 44.4 Å². The Hall–Kier alpha value is -1.10. The molecule has 0 atom stereocenters. The molecule has 5 heteroatoms. The van der Waals surface area contributed by atoms with Crippen molar-refractivity contribution < 1.29 is 4.79 Å². The van der Waals surface area contributed by atoms with Gasteiger partial charge in [-0.3, -0.25) is 9.69 Å². The number of hydrogen-bond acceptors (Lipinski definition) is 3. The molecule has 1 aliphatic heterocycles. The van der Waals surface area contributed by atoms with Crippen LogP contribution in [-0.2, 0) is 10.2 Å². The Morgan fingerprint density at radius 3 is 2.52 bits per heavy atom. The highest BCUT2D eigenvalue weighted by atomic mass is 35.5. The Kier molecular flexibility index (Phi) is 7.73. The molecule has 1 saturated carbocycles. The fourth-order valence-corrected chi connectivity index (χ4v) is 4.32.